The van der Waals surface area contributed by atoms with Crippen molar-refractivity contribution in [1.29, 1.82) is 0 Å². The highest BCUT2D eigenvalue weighted by molar-refractivity contribution is 7.89. The van der Waals surface area contributed by atoms with Crippen LogP contribution in [0.3, 0.4) is 0 Å². The van der Waals surface area contributed by atoms with Gasteiger partial charge in [-0.2, -0.15) is 4.31 Å². The van der Waals surface area contributed by atoms with Crippen molar-refractivity contribution in [3.8, 4) is 0 Å². The Morgan fingerprint density at radius 1 is 1.15 bits per heavy atom. The molecule has 0 bridgehead atoms. The summed E-state index contributed by atoms with van der Waals surface area (Å²) >= 11 is 0. The van der Waals surface area contributed by atoms with E-state index in [9.17, 15) is 13.2 Å². The Morgan fingerprint density at radius 3 is 2.42 bits per heavy atom. The van der Waals surface area contributed by atoms with Crippen LogP contribution in [0.1, 0.15) is 16.1 Å². The van der Waals surface area contributed by atoms with Crippen LogP contribution in [0.15, 0.2) is 35.4 Å². The number of nitrogens with zero attached hydrogens (tertiary/aromatic N) is 5. The minimum atomic E-state index is -3.47. The minimum Gasteiger partial charge on any atom is -0.464 e. The second kappa shape index (κ2) is 7.52. The smallest absolute Gasteiger partial charge is 0.360 e. The summed E-state index contributed by atoms with van der Waals surface area (Å²) in [5.41, 5.74) is 1.17. The van der Waals surface area contributed by atoms with Crippen LogP contribution in [0.4, 0.5) is 0 Å². The number of methoxy groups -OCH3 is 1. The fraction of sp³-hybridized carbons (Fsp3) is 0.438. The zero-order chi connectivity index (χ0) is 18.7. The van der Waals surface area contributed by atoms with Gasteiger partial charge in [-0.25, -0.2) is 17.9 Å². The molecule has 3 rings (SSSR count). The highest BCUT2D eigenvalue weighted by Crippen LogP contribution is 2.18. The van der Waals surface area contributed by atoms with E-state index in [2.05, 4.69) is 19.9 Å². The molecule has 140 valence electrons. The number of hydrogen-bond acceptors (Lipinski definition) is 7. The molecule has 26 heavy (non-hydrogen) atoms. The lowest BCUT2D eigenvalue weighted by Gasteiger charge is -2.33. The predicted molar refractivity (Wildman–Crippen MR) is 92.9 cm³/mol. The second-order valence-corrected chi connectivity index (χ2v) is 8.05. The Balaban J connectivity index is 1.59. The van der Waals surface area contributed by atoms with Gasteiger partial charge in [0.25, 0.3) is 0 Å². The van der Waals surface area contributed by atoms with Gasteiger partial charge in [-0.3, -0.25) is 4.90 Å². The van der Waals surface area contributed by atoms with Gasteiger partial charge in [-0.1, -0.05) is 22.9 Å². The van der Waals surface area contributed by atoms with Crippen LogP contribution in [-0.4, -0.2) is 71.9 Å². The van der Waals surface area contributed by atoms with E-state index in [-0.39, 0.29) is 5.69 Å². The molecule has 1 fully saturated rings. The van der Waals surface area contributed by atoms with Crippen molar-refractivity contribution >= 4 is 16.0 Å². The van der Waals surface area contributed by atoms with Gasteiger partial charge in [0, 0.05) is 26.2 Å². The van der Waals surface area contributed by atoms with Crippen LogP contribution in [0.25, 0.3) is 0 Å². The molecule has 0 aliphatic carbocycles. The van der Waals surface area contributed by atoms with Gasteiger partial charge in [0.05, 0.1) is 24.9 Å². The van der Waals surface area contributed by atoms with Gasteiger partial charge in [-0.15, -0.1) is 5.10 Å². The Kier molecular flexibility index (Phi) is 5.35. The molecular weight excluding hydrogens is 358 g/mol. The van der Waals surface area contributed by atoms with Crippen molar-refractivity contribution in [1.82, 2.24) is 24.2 Å². The fourth-order valence-corrected chi connectivity index (χ4v) is 4.16. The summed E-state index contributed by atoms with van der Waals surface area (Å²) in [4.78, 5) is 13.8. The molecule has 1 aromatic carbocycles. The van der Waals surface area contributed by atoms with Crippen molar-refractivity contribution in [3.05, 3.63) is 41.7 Å². The Hall–Kier alpha value is -2.30. The number of carbonyl (C=O) groups is 1. The summed E-state index contributed by atoms with van der Waals surface area (Å²) in [5.74, 6) is -0.537. The van der Waals surface area contributed by atoms with Crippen molar-refractivity contribution in [2.24, 2.45) is 0 Å². The largest absolute Gasteiger partial charge is 0.464 e. The molecule has 2 heterocycles. The SMILES string of the molecule is COC(=O)c1cn(CN2CCN(S(=O)(=O)c3ccc(C)cc3)CC2)nn1. The van der Waals surface area contributed by atoms with Crippen LogP contribution < -0.4 is 0 Å². The normalized spacial score (nSPS) is 16.5. The molecule has 0 N–H and O–H groups in total. The van der Waals surface area contributed by atoms with E-state index in [1.807, 2.05) is 6.92 Å². The average molecular weight is 379 g/mol. The predicted octanol–water partition coefficient (Wildman–Crippen LogP) is 0.337. The van der Waals surface area contributed by atoms with Crippen molar-refractivity contribution in [3.63, 3.8) is 0 Å². The monoisotopic (exact) mass is 379 g/mol. The first-order chi connectivity index (χ1) is 12.4. The van der Waals surface area contributed by atoms with Crippen molar-refractivity contribution in [2.45, 2.75) is 18.5 Å². The molecule has 0 spiro atoms. The first-order valence-electron chi connectivity index (χ1n) is 8.18. The number of rotatable bonds is 5. The molecule has 1 aliphatic rings. The summed E-state index contributed by atoms with van der Waals surface area (Å²) in [7, 11) is -2.19. The lowest BCUT2D eigenvalue weighted by molar-refractivity contribution is 0.0593. The molecule has 9 nitrogen and oxygen atoms in total. The van der Waals surface area contributed by atoms with Gasteiger partial charge < -0.3 is 4.74 Å². The molecule has 0 radical (unpaired) electrons. The molecule has 0 unspecified atom stereocenters. The van der Waals surface area contributed by atoms with Crippen LogP contribution in [0.5, 0.6) is 0 Å². The third-order valence-corrected chi connectivity index (χ3v) is 6.18. The molecule has 1 saturated heterocycles. The van der Waals surface area contributed by atoms with Crippen LogP contribution in [0.2, 0.25) is 0 Å². The summed E-state index contributed by atoms with van der Waals surface area (Å²) in [5, 5.41) is 7.65. The van der Waals surface area contributed by atoms with E-state index in [1.165, 1.54) is 22.3 Å². The average Bonchev–Trinajstić information content (AvgIpc) is 3.10. The number of sulfonamides is 1. The molecule has 0 amide bonds. The molecule has 0 atom stereocenters. The van der Waals surface area contributed by atoms with Crippen LogP contribution in [-0.2, 0) is 21.4 Å². The maximum absolute atomic E-state index is 12.7. The first-order valence-corrected chi connectivity index (χ1v) is 9.62. The molecule has 10 heteroatoms. The number of esters is 1. The van der Waals surface area contributed by atoms with Crippen molar-refractivity contribution in [2.75, 3.05) is 33.3 Å². The van der Waals surface area contributed by atoms with Crippen LogP contribution >= 0.6 is 0 Å². The van der Waals surface area contributed by atoms with Gasteiger partial charge >= 0.3 is 5.97 Å². The second-order valence-electron chi connectivity index (χ2n) is 6.11. The quantitative estimate of drug-likeness (QED) is 0.691. The van der Waals surface area contributed by atoms with Gasteiger partial charge in [0.2, 0.25) is 10.0 Å². The maximum Gasteiger partial charge on any atom is 0.360 e. The number of ether oxygens (including phenoxy) is 1. The number of carbonyl (C=O) groups excluding carboxylic acids is 1. The fourth-order valence-electron chi connectivity index (χ4n) is 2.74. The lowest BCUT2D eigenvalue weighted by Crippen LogP contribution is -2.48. The van der Waals surface area contributed by atoms with Gasteiger partial charge in [0.1, 0.15) is 0 Å². The first kappa shape index (κ1) is 18.5. The van der Waals surface area contributed by atoms with Gasteiger partial charge in [0.15, 0.2) is 5.69 Å². The van der Waals surface area contributed by atoms with Crippen molar-refractivity contribution < 1.29 is 17.9 Å². The number of hydrogen-bond donors (Lipinski definition) is 0. The molecule has 2 aromatic rings. The Labute approximate surface area is 152 Å². The topological polar surface area (TPSA) is 97.6 Å². The third kappa shape index (κ3) is 3.92. The van der Waals surface area contributed by atoms with E-state index < -0.39 is 16.0 Å². The minimum absolute atomic E-state index is 0.146. The highest BCUT2D eigenvalue weighted by atomic mass is 32.2. The lowest BCUT2D eigenvalue weighted by atomic mass is 10.2. The zero-order valence-corrected chi connectivity index (χ0v) is 15.5. The van der Waals surface area contributed by atoms with E-state index >= 15 is 0 Å². The summed E-state index contributed by atoms with van der Waals surface area (Å²) in [6, 6.07) is 6.88. The standard InChI is InChI=1S/C16H21N5O4S/c1-13-3-5-14(6-4-13)26(23,24)21-9-7-19(8-10-21)12-20-11-15(17-18-20)16(22)25-2/h3-6,11H,7-10,12H2,1-2H3. The molecule has 1 aromatic heterocycles. The summed E-state index contributed by atoms with van der Waals surface area (Å²) in [6.45, 7) is 4.29. The van der Waals surface area contributed by atoms with E-state index in [0.717, 1.165) is 5.56 Å². The van der Waals surface area contributed by atoms with E-state index in [1.54, 1.807) is 24.3 Å². The van der Waals surface area contributed by atoms with Crippen LogP contribution in [0, 0.1) is 6.92 Å². The van der Waals surface area contributed by atoms with Gasteiger partial charge in [-0.05, 0) is 19.1 Å². The maximum atomic E-state index is 12.7. The van der Waals surface area contributed by atoms with E-state index in [4.69, 9.17) is 0 Å². The number of aromatic nitrogens is 3. The Morgan fingerprint density at radius 2 is 1.81 bits per heavy atom. The molecular formula is C16H21N5O4S. The number of piperazine rings is 1. The summed E-state index contributed by atoms with van der Waals surface area (Å²) < 4.78 is 33.0. The summed E-state index contributed by atoms with van der Waals surface area (Å²) in [6.07, 6.45) is 1.52. The van der Waals surface area contributed by atoms with E-state index in [0.29, 0.717) is 37.7 Å². The Bertz CT molecular complexity index is 870. The zero-order valence-electron chi connectivity index (χ0n) is 14.7. The number of aryl methyl sites for hydroxylation is 1. The third-order valence-electron chi connectivity index (χ3n) is 4.27. The highest BCUT2D eigenvalue weighted by Gasteiger charge is 2.28. The molecule has 0 saturated carbocycles. The number of benzene rings is 1. The molecule has 1 aliphatic heterocycles.